The van der Waals surface area contributed by atoms with Crippen LogP contribution in [0.2, 0.25) is 0 Å². The summed E-state index contributed by atoms with van der Waals surface area (Å²) in [6, 6.07) is 1.09. The Kier molecular flexibility index (Phi) is 5.22. The smallest absolute Gasteiger partial charge is 0.0538 e. The fourth-order valence-electron chi connectivity index (χ4n) is 3.71. The van der Waals surface area contributed by atoms with E-state index >= 15 is 0 Å². The number of likely N-dealkylation sites (N-methyl/N-ethyl adjacent to an activating group) is 1. The summed E-state index contributed by atoms with van der Waals surface area (Å²) in [7, 11) is 4.22. The fraction of sp³-hybridized carbons (Fsp3) is 0.812. The quantitative estimate of drug-likeness (QED) is 0.901. The van der Waals surface area contributed by atoms with E-state index in [-0.39, 0.29) is 12.1 Å². The molecule has 4 atom stereocenters. The van der Waals surface area contributed by atoms with Crippen LogP contribution in [-0.2, 0) is 7.05 Å². The monoisotopic (exact) mass is 278 g/mol. The first-order chi connectivity index (χ1) is 9.54. The van der Waals surface area contributed by atoms with Gasteiger partial charge < -0.3 is 5.73 Å². The first kappa shape index (κ1) is 15.5. The molecule has 20 heavy (non-hydrogen) atoms. The minimum Gasteiger partial charge on any atom is -0.326 e. The van der Waals surface area contributed by atoms with Crippen LogP contribution >= 0.6 is 0 Å². The molecule has 1 heterocycles. The summed E-state index contributed by atoms with van der Waals surface area (Å²) in [5, 5.41) is 4.34. The van der Waals surface area contributed by atoms with Gasteiger partial charge in [-0.2, -0.15) is 5.10 Å². The SMILES string of the molecule is CCC(N)C(c1cnn(C)c1)N(C)C1CCCCC1C. The molecule has 1 aromatic heterocycles. The van der Waals surface area contributed by atoms with Gasteiger partial charge in [-0.3, -0.25) is 9.58 Å². The van der Waals surface area contributed by atoms with Crippen molar-refractivity contribution in [3.8, 4) is 0 Å². The Hall–Kier alpha value is -0.870. The second kappa shape index (κ2) is 6.72. The maximum atomic E-state index is 6.43. The van der Waals surface area contributed by atoms with Gasteiger partial charge in [-0.1, -0.05) is 26.7 Å². The molecule has 1 fully saturated rings. The molecule has 2 N–H and O–H groups in total. The zero-order valence-corrected chi connectivity index (χ0v) is 13.4. The average molecular weight is 278 g/mol. The topological polar surface area (TPSA) is 47.1 Å². The van der Waals surface area contributed by atoms with Crippen LogP contribution in [0.25, 0.3) is 0 Å². The van der Waals surface area contributed by atoms with Gasteiger partial charge in [0.25, 0.3) is 0 Å². The predicted octanol–water partition coefficient (Wildman–Crippen LogP) is 2.71. The van der Waals surface area contributed by atoms with E-state index in [4.69, 9.17) is 5.73 Å². The van der Waals surface area contributed by atoms with E-state index in [2.05, 4.69) is 37.1 Å². The summed E-state index contributed by atoms with van der Waals surface area (Å²) < 4.78 is 1.88. The molecule has 1 aliphatic rings. The van der Waals surface area contributed by atoms with Crippen LogP contribution in [-0.4, -0.2) is 33.8 Å². The molecule has 0 aliphatic heterocycles. The summed E-state index contributed by atoms with van der Waals surface area (Å²) >= 11 is 0. The lowest BCUT2D eigenvalue weighted by Gasteiger charge is -2.42. The van der Waals surface area contributed by atoms with Gasteiger partial charge in [-0.15, -0.1) is 0 Å². The van der Waals surface area contributed by atoms with Crippen LogP contribution in [0, 0.1) is 5.92 Å². The Morgan fingerprint density at radius 2 is 2.15 bits per heavy atom. The molecule has 0 spiro atoms. The van der Waals surface area contributed by atoms with Gasteiger partial charge in [0, 0.05) is 30.9 Å². The van der Waals surface area contributed by atoms with E-state index in [1.165, 1.54) is 31.2 Å². The molecular formula is C16H30N4. The Morgan fingerprint density at radius 3 is 2.70 bits per heavy atom. The summed E-state index contributed by atoms with van der Waals surface area (Å²) in [5.74, 6) is 0.761. The first-order valence-electron chi connectivity index (χ1n) is 8.00. The molecule has 0 saturated heterocycles. The van der Waals surface area contributed by atoms with Crippen molar-refractivity contribution in [1.29, 1.82) is 0 Å². The maximum absolute atomic E-state index is 6.43. The van der Waals surface area contributed by atoms with Crippen LogP contribution in [0.5, 0.6) is 0 Å². The third-order valence-electron chi connectivity index (χ3n) is 4.97. The molecule has 0 aromatic carbocycles. The number of aromatic nitrogens is 2. The molecule has 0 amide bonds. The highest BCUT2D eigenvalue weighted by atomic mass is 15.3. The largest absolute Gasteiger partial charge is 0.326 e. The molecule has 4 nitrogen and oxygen atoms in total. The van der Waals surface area contributed by atoms with Crippen molar-refractivity contribution < 1.29 is 0 Å². The summed E-state index contributed by atoms with van der Waals surface area (Å²) in [6.07, 6.45) is 10.4. The van der Waals surface area contributed by atoms with Crippen LogP contribution < -0.4 is 5.73 Å². The molecule has 2 rings (SSSR count). The lowest BCUT2D eigenvalue weighted by molar-refractivity contribution is 0.0824. The van der Waals surface area contributed by atoms with Crippen molar-refractivity contribution >= 4 is 0 Å². The van der Waals surface area contributed by atoms with Crippen LogP contribution in [0.3, 0.4) is 0 Å². The van der Waals surface area contributed by atoms with Crippen molar-refractivity contribution in [3.63, 3.8) is 0 Å². The Bertz CT molecular complexity index is 414. The Labute approximate surface area is 123 Å². The average Bonchev–Trinajstić information content (AvgIpc) is 2.85. The highest BCUT2D eigenvalue weighted by Crippen LogP contribution is 2.34. The number of aryl methyl sites for hydroxylation is 1. The second-order valence-corrected chi connectivity index (χ2v) is 6.46. The molecule has 114 valence electrons. The molecule has 1 aliphatic carbocycles. The lowest BCUT2D eigenvalue weighted by atomic mass is 9.83. The van der Waals surface area contributed by atoms with E-state index < -0.39 is 0 Å². The predicted molar refractivity (Wildman–Crippen MR) is 83.4 cm³/mol. The Balaban J connectivity index is 2.21. The molecule has 4 unspecified atom stereocenters. The maximum Gasteiger partial charge on any atom is 0.0538 e. The lowest BCUT2D eigenvalue weighted by Crippen LogP contribution is -2.47. The van der Waals surface area contributed by atoms with Crippen molar-refractivity contribution in [2.24, 2.45) is 18.7 Å². The van der Waals surface area contributed by atoms with Gasteiger partial charge >= 0.3 is 0 Å². The van der Waals surface area contributed by atoms with Crippen LogP contribution in [0.1, 0.15) is 57.6 Å². The fourth-order valence-corrected chi connectivity index (χ4v) is 3.71. The number of hydrogen-bond donors (Lipinski definition) is 1. The summed E-state index contributed by atoms with van der Waals surface area (Å²) in [4.78, 5) is 2.52. The van der Waals surface area contributed by atoms with Gasteiger partial charge in [-0.25, -0.2) is 0 Å². The zero-order valence-electron chi connectivity index (χ0n) is 13.4. The van der Waals surface area contributed by atoms with Crippen LogP contribution in [0.15, 0.2) is 12.4 Å². The second-order valence-electron chi connectivity index (χ2n) is 6.46. The van der Waals surface area contributed by atoms with Gasteiger partial charge in [0.2, 0.25) is 0 Å². The first-order valence-corrected chi connectivity index (χ1v) is 8.00. The van der Waals surface area contributed by atoms with Gasteiger partial charge in [0.15, 0.2) is 0 Å². The molecule has 4 heteroatoms. The number of nitrogens with two attached hydrogens (primary N) is 1. The molecule has 0 radical (unpaired) electrons. The van der Waals surface area contributed by atoms with Gasteiger partial charge in [0.1, 0.15) is 0 Å². The van der Waals surface area contributed by atoms with E-state index in [9.17, 15) is 0 Å². The number of nitrogens with zero attached hydrogens (tertiary/aromatic N) is 3. The third kappa shape index (κ3) is 3.23. The normalized spacial score (nSPS) is 26.7. The van der Waals surface area contributed by atoms with E-state index in [1.54, 1.807) is 0 Å². The van der Waals surface area contributed by atoms with Crippen molar-refractivity contribution in [2.75, 3.05) is 7.05 Å². The minimum absolute atomic E-state index is 0.165. The minimum atomic E-state index is 0.165. The molecule has 1 aromatic rings. The third-order valence-corrected chi connectivity index (χ3v) is 4.97. The van der Waals surface area contributed by atoms with Gasteiger partial charge in [-0.05, 0) is 32.2 Å². The van der Waals surface area contributed by atoms with Gasteiger partial charge in [0.05, 0.1) is 12.2 Å². The van der Waals surface area contributed by atoms with Crippen molar-refractivity contribution in [1.82, 2.24) is 14.7 Å². The molecule has 0 bridgehead atoms. The summed E-state index contributed by atoms with van der Waals surface area (Å²) in [6.45, 7) is 4.56. The highest BCUT2D eigenvalue weighted by molar-refractivity contribution is 5.14. The Morgan fingerprint density at radius 1 is 1.45 bits per heavy atom. The number of hydrogen-bond acceptors (Lipinski definition) is 3. The van der Waals surface area contributed by atoms with E-state index in [0.29, 0.717) is 6.04 Å². The van der Waals surface area contributed by atoms with Crippen molar-refractivity contribution in [2.45, 2.75) is 64.1 Å². The summed E-state index contributed by atoms with van der Waals surface area (Å²) in [5.41, 5.74) is 7.68. The van der Waals surface area contributed by atoms with Crippen molar-refractivity contribution in [3.05, 3.63) is 18.0 Å². The standard InChI is InChI=1S/C16H30N4/c1-5-14(17)16(13-10-18-19(3)11-13)20(4)15-9-7-6-8-12(15)2/h10-12,14-16H,5-9,17H2,1-4H3. The van der Waals surface area contributed by atoms with E-state index in [1.807, 2.05) is 17.9 Å². The van der Waals surface area contributed by atoms with E-state index in [0.717, 1.165) is 12.3 Å². The highest BCUT2D eigenvalue weighted by Gasteiger charge is 2.33. The number of rotatable bonds is 5. The zero-order chi connectivity index (χ0) is 14.7. The molecular weight excluding hydrogens is 248 g/mol. The molecule has 1 saturated carbocycles. The van der Waals surface area contributed by atoms with Crippen LogP contribution in [0.4, 0.5) is 0 Å².